The van der Waals surface area contributed by atoms with E-state index in [-0.39, 0.29) is 11.5 Å². The Bertz CT molecular complexity index is 794. The number of nitrogens with zero attached hydrogens (tertiary/aromatic N) is 1. The summed E-state index contributed by atoms with van der Waals surface area (Å²) in [5.74, 6) is 0.0416. The van der Waals surface area contributed by atoms with Crippen LogP contribution >= 0.6 is 0 Å². The zero-order chi connectivity index (χ0) is 13.9. The molecule has 3 heteroatoms. The molecule has 0 heterocycles. The number of phenolic OH excluding ortho intramolecular Hbond substituents is 2. The van der Waals surface area contributed by atoms with Crippen LogP contribution in [-0.2, 0) is 0 Å². The predicted octanol–water partition coefficient (Wildman–Crippen LogP) is 4.00. The average Bonchev–Trinajstić information content (AvgIpc) is 2.46. The fraction of sp³-hybridized carbons (Fsp3) is 0. The number of fused-ring (bicyclic) bond motifs is 1. The summed E-state index contributed by atoms with van der Waals surface area (Å²) in [5, 5.41) is 21.2. The first-order valence-electron chi connectivity index (χ1n) is 6.27. The molecule has 0 spiro atoms. The highest BCUT2D eigenvalue weighted by Gasteiger charge is 1.99. The molecule has 20 heavy (non-hydrogen) atoms. The number of aromatic hydroxyl groups is 2. The van der Waals surface area contributed by atoms with E-state index in [1.165, 1.54) is 17.5 Å². The summed E-state index contributed by atoms with van der Waals surface area (Å²) in [6, 6.07) is 18.4. The summed E-state index contributed by atoms with van der Waals surface area (Å²) in [4.78, 5) is 4.35. The van der Waals surface area contributed by atoms with Gasteiger partial charge in [0.1, 0.15) is 11.5 Å². The van der Waals surface area contributed by atoms with Gasteiger partial charge in [-0.1, -0.05) is 30.3 Å². The van der Waals surface area contributed by atoms with Gasteiger partial charge in [-0.25, -0.2) is 0 Å². The van der Waals surface area contributed by atoms with Crippen LogP contribution in [0, 0.1) is 0 Å². The largest absolute Gasteiger partial charge is 0.508 e. The summed E-state index contributed by atoms with van der Waals surface area (Å²) >= 11 is 0. The van der Waals surface area contributed by atoms with Crippen molar-refractivity contribution in [2.24, 2.45) is 4.99 Å². The van der Waals surface area contributed by atoms with Gasteiger partial charge in [0.25, 0.3) is 0 Å². The molecule has 0 atom stereocenters. The molecule has 0 unspecified atom stereocenters. The van der Waals surface area contributed by atoms with Crippen LogP contribution in [0.25, 0.3) is 10.8 Å². The fourth-order valence-corrected chi connectivity index (χ4v) is 2.04. The van der Waals surface area contributed by atoms with Crippen LogP contribution in [-0.4, -0.2) is 16.4 Å². The average molecular weight is 263 g/mol. The van der Waals surface area contributed by atoms with Crippen LogP contribution in [0.1, 0.15) is 5.56 Å². The molecule has 2 N–H and O–H groups in total. The second-order valence-corrected chi connectivity index (χ2v) is 4.53. The lowest BCUT2D eigenvalue weighted by Crippen LogP contribution is -1.81. The van der Waals surface area contributed by atoms with Crippen molar-refractivity contribution in [1.29, 1.82) is 0 Å². The predicted molar refractivity (Wildman–Crippen MR) is 81.0 cm³/mol. The zero-order valence-electron chi connectivity index (χ0n) is 10.7. The molecular formula is C17H13NO2. The number of benzene rings is 3. The van der Waals surface area contributed by atoms with Crippen molar-refractivity contribution >= 4 is 22.7 Å². The van der Waals surface area contributed by atoms with E-state index in [1.54, 1.807) is 12.3 Å². The van der Waals surface area contributed by atoms with Crippen molar-refractivity contribution in [3.05, 3.63) is 66.2 Å². The molecule has 3 aromatic carbocycles. The quantitative estimate of drug-likeness (QED) is 0.686. The molecule has 3 rings (SSSR count). The maximum Gasteiger partial charge on any atom is 0.128 e. The topological polar surface area (TPSA) is 52.8 Å². The second-order valence-electron chi connectivity index (χ2n) is 4.53. The van der Waals surface area contributed by atoms with Crippen molar-refractivity contribution < 1.29 is 10.2 Å². The number of hydrogen-bond acceptors (Lipinski definition) is 3. The molecule has 0 saturated carbocycles. The van der Waals surface area contributed by atoms with E-state index >= 15 is 0 Å². The van der Waals surface area contributed by atoms with Gasteiger partial charge in [-0.3, -0.25) is 4.99 Å². The van der Waals surface area contributed by atoms with Gasteiger partial charge in [0.2, 0.25) is 0 Å². The lowest BCUT2D eigenvalue weighted by atomic mass is 10.1. The summed E-state index contributed by atoms with van der Waals surface area (Å²) < 4.78 is 0. The van der Waals surface area contributed by atoms with Gasteiger partial charge in [0.15, 0.2) is 0 Å². The lowest BCUT2D eigenvalue weighted by Gasteiger charge is -2.01. The first-order chi connectivity index (χ1) is 9.72. The van der Waals surface area contributed by atoms with E-state index in [1.807, 2.05) is 36.4 Å². The number of phenols is 2. The molecular weight excluding hydrogens is 250 g/mol. The van der Waals surface area contributed by atoms with Crippen LogP contribution < -0.4 is 0 Å². The third-order valence-electron chi connectivity index (χ3n) is 3.10. The number of rotatable bonds is 2. The van der Waals surface area contributed by atoms with E-state index in [2.05, 4.69) is 11.1 Å². The Morgan fingerprint density at radius 2 is 1.60 bits per heavy atom. The molecule has 0 aliphatic carbocycles. The third kappa shape index (κ3) is 2.47. The maximum absolute atomic E-state index is 9.69. The Morgan fingerprint density at radius 1 is 0.800 bits per heavy atom. The van der Waals surface area contributed by atoms with Gasteiger partial charge in [0.05, 0.1) is 5.69 Å². The van der Waals surface area contributed by atoms with E-state index in [4.69, 9.17) is 0 Å². The number of aliphatic imine (C=N–C) groups is 1. The Kier molecular flexibility index (Phi) is 3.09. The van der Waals surface area contributed by atoms with Crippen molar-refractivity contribution in [2.45, 2.75) is 0 Å². The second kappa shape index (κ2) is 5.05. The summed E-state index contributed by atoms with van der Waals surface area (Å²) in [6.07, 6.45) is 1.58. The normalized spacial score (nSPS) is 11.2. The van der Waals surface area contributed by atoms with Crippen molar-refractivity contribution in [1.82, 2.24) is 0 Å². The smallest absolute Gasteiger partial charge is 0.128 e. The lowest BCUT2D eigenvalue weighted by molar-refractivity contribution is 0.450. The van der Waals surface area contributed by atoms with Crippen LogP contribution in [0.5, 0.6) is 11.5 Å². The highest BCUT2D eigenvalue weighted by molar-refractivity contribution is 5.89. The SMILES string of the molecule is Oc1ccc(C=Nc2ccc3ccccc3c2)c(O)c1. The van der Waals surface area contributed by atoms with Gasteiger partial charge in [-0.05, 0) is 35.0 Å². The van der Waals surface area contributed by atoms with E-state index in [0.717, 1.165) is 11.1 Å². The van der Waals surface area contributed by atoms with Gasteiger partial charge < -0.3 is 10.2 Å². The molecule has 0 saturated heterocycles. The van der Waals surface area contributed by atoms with Gasteiger partial charge >= 0.3 is 0 Å². The maximum atomic E-state index is 9.69. The molecule has 0 bridgehead atoms. The van der Waals surface area contributed by atoms with Gasteiger partial charge in [-0.15, -0.1) is 0 Å². The standard InChI is InChI=1S/C17H13NO2/c19-16-8-6-14(17(20)10-16)11-18-15-7-5-12-3-1-2-4-13(12)9-15/h1-11,19-20H. The summed E-state index contributed by atoms with van der Waals surface area (Å²) in [5.41, 5.74) is 1.38. The Hall–Kier alpha value is -2.81. The molecule has 0 amide bonds. The van der Waals surface area contributed by atoms with Gasteiger partial charge in [-0.2, -0.15) is 0 Å². The third-order valence-corrected chi connectivity index (χ3v) is 3.10. The molecule has 0 aromatic heterocycles. The molecule has 0 radical (unpaired) electrons. The summed E-state index contributed by atoms with van der Waals surface area (Å²) in [7, 11) is 0. The number of hydrogen-bond donors (Lipinski definition) is 2. The Balaban J connectivity index is 1.93. The fourth-order valence-electron chi connectivity index (χ4n) is 2.04. The van der Waals surface area contributed by atoms with E-state index in [0.29, 0.717) is 5.56 Å². The molecule has 3 nitrogen and oxygen atoms in total. The Morgan fingerprint density at radius 3 is 2.40 bits per heavy atom. The minimum Gasteiger partial charge on any atom is -0.508 e. The zero-order valence-corrected chi connectivity index (χ0v) is 10.7. The van der Waals surface area contributed by atoms with Crippen LogP contribution in [0.15, 0.2) is 65.7 Å². The minimum atomic E-state index is 0.00883. The van der Waals surface area contributed by atoms with Crippen LogP contribution in [0.4, 0.5) is 5.69 Å². The van der Waals surface area contributed by atoms with Crippen LogP contribution in [0.2, 0.25) is 0 Å². The van der Waals surface area contributed by atoms with E-state index in [9.17, 15) is 10.2 Å². The Labute approximate surface area is 116 Å². The molecule has 98 valence electrons. The van der Waals surface area contributed by atoms with Crippen molar-refractivity contribution in [3.8, 4) is 11.5 Å². The minimum absolute atomic E-state index is 0.00883. The molecule has 0 fully saturated rings. The molecule has 3 aromatic rings. The van der Waals surface area contributed by atoms with Gasteiger partial charge in [0, 0.05) is 17.8 Å². The van der Waals surface area contributed by atoms with E-state index < -0.39 is 0 Å². The molecule has 0 aliphatic rings. The first kappa shape index (κ1) is 12.2. The first-order valence-corrected chi connectivity index (χ1v) is 6.27. The highest BCUT2D eigenvalue weighted by atomic mass is 16.3. The van der Waals surface area contributed by atoms with Crippen molar-refractivity contribution in [3.63, 3.8) is 0 Å². The summed E-state index contributed by atoms with van der Waals surface area (Å²) in [6.45, 7) is 0. The highest BCUT2D eigenvalue weighted by Crippen LogP contribution is 2.23. The molecule has 0 aliphatic heterocycles. The monoisotopic (exact) mass is 263 g/mol. The van der Waals surface area contributed by atoms with Crippen LogP contribution in [0.3, 0.4) is 0 Å². The van der Waals surface area contributed by atoms with Crippen molar-refractivity contribution in [2.75, 3.05) is 0 Å².